The van der Waals surface area contributed by atoms with E-state index in [1.165, 1.54) is 32.1 Å². The van der Waals surface area contributed by atoms with Gasteiger partial charge >= 0.3 is 0 Å². The second kappa shape index (κ2) is 8.65. The van der Waals surface area contributed by atoms with Crippen LogP contribution in [-0.2, 0) is 0 Å². The van der Waals surface area contributed by atoms with Gasteiger partial charge in [-0.1, -0.05) is 39.0 Å². The van der Waals surface area contributed by atoms with Crippen molar-refractivity contribution in [2.45, 2.75) is 64.3 Å². The standard InChI is InChI=1S/C17H27N3O/c1-2-11-18-15-10-12-19-16(13-15)17(21)20-14-8-6-4-3-5-7-9-14/h10,12-14H,2-9,11H2,1H3,(H,18,19)(H,20,21). The van der Waals surface area contributed by atoms with E-state index in [4.69, 9.17) is 0 Å². The summed E-state index contributed by atoms with van der Waals surface area (Å²) in [7, 11) is 0. The smallest absolute Gasteiger partial charge is 0.270 e. The molecule has 116 valence electrons. The van der Waals surface area contributed by atoms with Gasteiger partial charge in [-0.05, 0) is 31.4 Å². The lowest BCUT2D eigenvalue weighted by Crippen LogP contribution is -2.35. The van der Waals surface area contributed by atoms with Crippen LogP contribution in [-0.4, -0.2) is 23.5 Å². The first-order chi connectivity index (χ1) is 10.3. The third-order valence-corrected chi connectivity index (χ3v) is 4.01. The van der Waals surface area contributed by atoms with E-state index in [-0.39, 0.29) is 5.91 Å². The van der Waals surface area contributed by atoms with Crippen molar-refractivity contribution in [3.05, 3.63) is 24.0 Å². The van der Waals surface area contributed by atoms with E-state index in [0.717, 1.165) is 31.5 Å². The van der Waals surface area contributed by atoms with E-state index in [2.05, 4.69) is 22.5 Å². The minimum Gasteiger partial charge on any atom is -0.385 e. The summed E-state index contributed by atoms with van der Waals surface area (Å²) in [4.78, 5) is 16.5. The lowest BCUT2D eigenvalue weighted by Gasteiger charge is -2.20. The maximum Gasteiger partial charge on any atom is 0.270 e. The highest BCUT2D eigenvalue weighted by molar-refractivity contribution is 5.93. The number of pyridine rings is 1. The Balaban J connectivity index is 1.92. The van der Waals surface area contributed by atoms with Crippen LogP contribution in [0.15, 0.2) is 18.3 Å². The van der Waals surface area contributed by atoms with Gasteiger partial charge in [0.2, 0.25) is 0 Å². The zero-order valence-corrected chi connectivity index (χ0v) is 13.0. The SMILES string of the molecule is CCCNc1ccnc(C(=O)NC2CCCCCCC2)c1. The highest BCUT2D eigenvalue weighted by Crippen LogP contribution is 2.17. The topological polar surface area (TPSA) is 54.0 Å². The summed E-state index contributed by atoms with van der Waals surface area (Å²) < 4.78 is 0. The van der Waals surface area contributed by atoms with Gasteiger partial charge in [0.15, 0.2) is 0 Å². The van der Waals surface area contributed by atoms with Crippen molar-refractivity contribution in [3.8, 4) is 0 Å². The van der Waals surface area contributed by atoms with Crippen molar-refractivity contribution in [3.63, 3.8) is 0 Å². The van der Waals surface area contributed by atoms with Crippen molar-refractivity contribution >= 4 is 11.6 Å². The van der Waals surface area contributed by atoms with Crippen molar-refractivity contribution in [1.29, 1.82) is 0 Å². The predicted octanol–water partition coefficient (Wildman–Crippen LogP) is 3.75. The molecular formula is C17H27N3O. The molecule has 0 unspecified atom stereocenters. The van der Waals surface area contributed by atoms with Crippen LogP contribution in [0.4, 0.5) is 5.69 Å². The number of hydrogen-bond donors (Lipinski definition) is 2. The molecule has 1 aliphatic carbocycles. The molecule has 2 rings (SSSR count). The minimum atomic E-state index is -0.0410. The van der Waals surface area contributed by atoms with Crippen molar-refractivity contribution in [2.75, 3.05) is 11.9 Å². The van der Waals surface area contributed by atoms with E-state index in [1.54, 1.807) is 6.20 Å². The summed E-state index contributed by atoms with van der Waals surface area (Å²) >= 11 is 0. The molecule has 0 spiro atoms. The number of nitrogens with zero attached hydrogens (tertiary/aromatic N) is 1. The van der Waals surface area contributed by atoms with Gasteiger partial charge in [-0.2, -0.15) is 0 Å². The lowest BCUT2D eigenvalue weighted by atomic mass is 9.96. The van der Waals surface area contributed by atoms with Crippen LogP contribution in [0.2, 0.25) is 0 Å². The van der Waals surface area contributed by atoms with Crippen LogP contribution >= 0.6 is 0 Å². The molecule has 4 heteroatoms. The van der Waals surface area contributed by atoms with Gasteiger partial charge < -0.3 is 10.6 Å². The fourth-order valence-electron chi connectivity index (χ4n) is 2.79. The summed E-state index contributed by atoms with van der Waals surface area (Å²) in [5, 5.41) is 6.45. The Kier molecular flexibility index (Phi) is 6.51. The monoisotopic (exact) mass is 289 g/mol. The van der Waals surface area contributed by atoms with E-state index < -0.39 is 0 Å². The van der Waals surface area contributed by atoms with Crippen LogP contribution in [0.25, 0.3) is 0 Å². The first kappa shape index (κ1) is 15.8. The van der Waals surface area contributed by atoms with Crippen LogP contribution in [0.5, 0.6) is 0 Å². The van der Waals surface area contributed by atoms with Crippen LogP contribution < -0.4 is 10.6 Å². The summed E-state index contributed by atoms with van der Waals surface area (Å²) in [6, 6.07) is 4.06. The van der Waals surface area contributed by atoms with Gasteiger partial charge in [-0.25, -0.2) is 0 Å². The summed E-state index contributed by atoms with van der Waals surface area (Å²) in [5.74, 6) is -0.0410. The minimum absolute atomic E-state index is 0.0410. The second-order valence-electron chi connectivity index (χ2n) is 5.87. The van der Waals surface area contributed by atoms with Gasteiger partial charge in [0, 0.05) is 24.5 Å². The van der Waals surface area contributed by atoms with Gasteiger partial charge in [-0.3, -0.25) is 9.78 Å². The average molecular weight is 289 g/mol. The molecule has 1 aromatic heterocycles. The third-order valence-electron chi connectivity index (χ3n) is 4.01. The number of amides is 1. The molecule has 0 aliphatic heterocycles. The normalized spacial score (nSPS) is 16.8. The molecule has 1 heterocycles. The molecule has 1 aliphatic rings. The largest absolute Gasteiger partial charge is 0.385 e. The third kappa shape index (κ3) is 5.37. The van der Waals surface area contributed by atoms with Crippen molar-refractivity contribution < 1.29 is 4.79 Å². The molecule has 1 aromatic rings. The summed E-state index contributed by atoms with van der Waals surface area (Å²) in [6.07, 6.45) is 11.3. The molecular weight excluding hydrogens is 262 g/mol. The molecule has 0 radical (unpaired) electrons. The van der Waals surface area contributed by atoms with E-state index in [1.807, 2.05) is 12.1 Å². The summed E-state index contributed by atoms with van der Waals surface area (Å²) in [5.41, 5.74) is 1.48. The maximum absolute atomic E-state index is 12.3. The molecule has 0 aromatic carbocycles. The molecule has 21 heavy (non-hydrogen) atoms. The van der Waals surface area contributed by atoms with E-state index in [0.29, 0.717) is 11.7 Å². The first-order valence-corrected chi connectivity index (χ1v) is 8.30. The molecule has 0 bridgehead atoms. The Labute approximate surface area is 127 Å². The summed E-state index contributed by atoms with van der Waals surface area (Å²) in [6.45, 7) is 3.03. The van der Waals surface area contributed by atoms with Crippen molar-refractivity contribution in [2.24, 2.45) is 0 Å². The van der Waals surface area contributed by atoms with Gasteiger partial charge in [0.25, 0.3) is 5.91 Å². The Morgan fingerprint density at radius 1 is 1.24 bits per heavy atom. The average Bonchev–Trinajstić information content (AvgIpc) is 2.48. The van der Waals surface area contributed by atoms with Crippen LogP contribution in [0, 0.1) is 0 Å². The zero-order chi connectivity index (χ0) is 14.9. The van der Waals surface area contributed by atoms with Gasteiger partial charge in [0.05, 0.1) is 0 Å². The number of carbonyl (C=O) groups is 1. The highest BCUT2D eigenvalue weighted by atomic mass is 16.1. The van der Waals surface area contributed by atoms with E-state index in [9.17, 15) is 4.79 Å². The Morgan fingerprint density at radius 3 is 2.67 bits per heavy atom. The van der Waals surface area contributed by atoms with Crippen molar-refractivity contribution in [1.82, 2.24) is 10.3 Å². The predicted molar refractivity (Wildman–Crippen MR) is 86.6 cm³/mol. The Hall–Kier alpha value is -1.58. The maximum atomic E-state index is 12.3. The molecule has 1 amide bonds. The van der Waals surface area contributed by atoms with Crippen LogP contribution in [0.3, 0.4) is 0 Å². The Morgan fingerprint density at radius 2 is 1.95 bits per heavy atom. The number of anilines is 1. The molecule has 0 saturated heterocycles. The number of carbonyl (C=O) groups excluding carboxylic acids is 1. The van der Waals surface area contributed by atoms with E-state index >= 15 is 0 Å². The molecule has 4 nitrogen and oxygen atoms in total. The lowest BCUT2D eigenvalue weighted by molar-refractivity contribution is 0.0925. The van der Waals surface area contributed by atoms with Crippen LogP contribution in [0.1, 0.15) is 68.8 Å². The number of hydrogen-bond acceptors (Lipinski definition) is 3. The van der Waals surface area contributed by atoms with Gasteiger partial charge in [-0.15, -0.1) is 0 Å². The highest BCUT2D eigenvalue weighted by Gasteiger charge is 2.16. The Bertz CT molecular complexity index is 439. The zero-order valence-electron chi connectivity index (χ0n) is 13.0. The number of aromatic nitrogens is 1. The quantitative estimate of drug-likeness (QED) is 0.868. The number of rotatable bonds is 5. The molecule has 0 atom stereocenters. The molecule has 2 N–H and O–H groups in total. The second-order valence-corrected chi connectivity index (χ2v) is 5.87. The fraction of sp³-hybridized carbons (Fsp3) is 0.647. The molecule has 1 fully saturated rings. The molecule has 1 saturated carbocycles. The first-order valence-electron chi connectivity index (χ1n) is 8.30. The number of nitrogens with one attached hydrogen (secondary N) is 2. The van der Waals surface area contributed by atoms with Gasteiger partial charge in [0.1, 0.15) is 5.69 Å². The fourth-order valence-corrected chi connectivity index (χ4v) is 2.79.